The smallest absolute Gasteiger partial charge is 0.186 e. The first kappa shape index (κ1) is 20.3. The van der Waals surface area contributed by atoms with Gasteiger partial charge in [0.2, 0.25) is 0 Å². The summed E-state index contributed by atoms with van der Waals surface area (Å²) in [7, 11) is 0. The predicted octanol–water partition coefficient (Wildman–Crippen LogP) is -0.342. The van der Waals surface area contributed by atoms with Gasteiger partial charge in [0.05, 0.1) is 25.2 Å². The van der Waals surface area contributed by atoms with Gasteiger partial charge in [-0.25, -0.2) is 0 Å². The van der Waals surface area contributed by atoms with Gasteiger partial charge in [0.25, 0.3) is 0 Å². The van der Waals surface area contributed by atoms with Crippen LogP contribution in [0.3, 0.4) is 0 Å². The molecule has 27 heavy (non-hydrogen) atoms. The number of carbonyl (C=O) groups excluding carboxylic acids is 1. The Hall–Kier alpha value is -1.39. The highest BCUT2D eigenvalue weighted by atomic mass is 16.7. The van der Waals surface area contributed by atoms with Crippen molar-refractivity contribution in [2.24, 2.45) is 5.92 Å². The quantitative estimate of drug-likeness (QED) is 0.477. The number of aryl methyl sites for hydroxylation is 1. The fourth-order valence-electron chi connectivity index (χ4n) is 4.05. The SMILES string of the molecule is Cc1cc2c(c(C)c1C(O)CO)C(=O)C(C)C2OC1OCC(O)C(O)C1O. The van der Waals surface area contributed by atoms with Crippen LogP contribution in [0.1, 0.15) is 51.7 Å². The highest BCUT2D eigenvalue weighted by molar-refractivity contribution is 6.04. The van der Waals surface area contributed by atoms with E-state index < -0.39 is 49.3 Å². The monoisotopic (exact) mass is 382 g/mol. The summed E-state index contributed by atoms with van der Waals surface area (Å²) in [6, 6.07) is 1.74. The van der Waals surface area contributed by atoms with E-state index in [-0.39, 0.29) is 12.4 Å². The van der Waals surface area contributed by atoms with Crippen LogP contribution in [0.25, 0.3) is 0 Å². The molecule has 150 valence electrons. The molecular weight excluding hydrogens is 356 g/mol. The molecule has 1 aliphatic heterocycles. The zero-order valence-corrected chi connectivity index (χ0v) is 15.5. The van der Waals surface area contributed by atoms with Gasteiger partial charge in [-0.1, -0.05) is 13.0 Å². The van der Waals surface area contributed by atoms with E-state index in [1.54, 1.807) is 26.8 Å². The standard InChI is InChI=1S/C19H26O8/c1-7-4-10-14(8(2)13(7)11(21)5-20)15(23)9(3)18(10)27-19-17(25)16(24)12(22)6-26-19/h4,9,11-12,16-22,24-25H,5-6H2,1-3H3. The number of benzene rings is 1. The molecule has 8 heteroatoms. The fraction of sp³-hybridized carbons (Fsp3) is 0.632. The highest BCUT2D eigenvalue weighted by Crippen LogP contribution is 2.44. The van der Waals surface area contributed by atoms with Crippen molar-refractivity contribution < 1.29 is 39.8 Å². The Morgan fingerprint density at radius 3 is 2.56 bits per heavy atom. The van der Waals surface area contributed by atoms with E-state index in [4.69, 9.17) is 9.47 Å². The molecule has 0 amide bonds. The molecule has 5 N–H and O–H groups in total. The van der Waals surface area contributed by atoms with Gasteiger partial charge in [-0.3, -0.25) is 4.79 Å². The minimum absolute atomic E-state index is 0.162. The third-order valence-corrected chi connectivity index (χ3v) is 5.53. The maximum atomic E-state index is 12.8. The van der Waals surface area contributed by atoms with Gasteiger partial charge >= 0.3 is 0 Å². The van der Waals surface area contributed by atoms with E-state index in [9.17, 15) is 30.3 Å². The van der Waals surface area contributed by atoms with E-state index in [2.05, 4.69) is 0 Å². The summed E-state index contributed by atoms with van der Waals surface area (Å²) in [4.78, 5) is 12.8. The van der Waals surface area contributed by atoms with E-state index in [0.717, 1.165) is 0 Å². The third kappa shape index (κ3) is 3.31. The Labute approximate surface area is 157 Å². The molecule has 0 bridgehead atoms. The van der Waals surface area contributed by atoms with Crippen molar-refractivity contribution in [1.29, 1.82) is 0 Å². The van der Waals surface area contributed by atoms with Gasteiger partial charge in [0, 0.05) is 5.56 Å². The summed E-state index contributed by atoms with van der Waals surface area (Å²) in [5.41, 5.74) is 2.88. The lowest BCUT2D eigenvalue weighted by Gasteiger charge is -2.36. The molecule has 1 saturated heterocycles. The maximum absolute atomic E-state index is 12.8. The van der Waals surface area contributed by atoms with Crippen LogP contribution in [-0.2, 0) is 9.47 Å². The van der Waals surface area contributed by atoms with Gasteiger partial charge in [-0.05, 0) is 36.1 Å². The lowest BCUT2D eigenvalue weighted by molar-refractivity contribution is -0.285. The number of aliphatic hydroxyl groups is 5. The zero-order valence-electron chi connectivity index (χ0n) is 15.5. The zero-order chi connectivity index (χ0) is 20.0. The minimum Gasteiger partial charge on any atom is -0.393 e. The minimum atomic E-state index is -1.45. The van der Waals surface area contributed by atoms with Crippen LogP contribution in [0.2, 0.25) is 0 Å². The molecule has 1 aliphatic carbocycles. The van der Waals surface area contributed by atoms with Gasteiger partial charge in [-0.15, -0.1) is 0 Å². The van der Waals surface area contributed by atoms with Gasteiger partial charge < -0.3 is 35.0 Å². The molecule has 7 atom stereocenters. The Bertz CT molecular complexity index is 733. The van der Waals surface area contributed by atoms with Crippen LogP contribution < -0.4 is 0 Å². The summed E-state index contributed by atoms with van der Waals surface area (Å²) >= 11 is 0. The molecule has 7 unspecified atom stereocenters. The lowest BCUT2D eigenvalue weighted by atomic mass is 9.91. The van der Waals surface area contributed by atoms with Gasteiger partial charge in [0.1, 0.15) is 24.4 Å². The normalized spacial score (nSPS) is 34.6. The Morgan fingerprint density at radius 2 is 1.93 bits per heavy atom. The number of hydrogen-bond acceptors (Lipinski definition) is 8. The maximum Gasteiger partial charge on any atom is 0.186 e. The number of fused-ring (bicyclic) bond motifs is 1. The molecule has 1 heterocycles. The molecule has 0 aromatic heterocycles. The average Bonchev–Trinajstić information content (AvgIpc) is 2.86. The van der Waals surface area contributed by atoms with E-state index >= 15 is 0 Å². The van der Waals surface area contributed by atoms with Crippen molar-refractivity contribution in [2.75, 3.05) is 13.2 Å². The van der Waals surface area contributed by atoms with E-state index in [0.29, 0.717) is 27.8 Å². The third-order valence-electron chi connectivity index (χ3n) is 5.53. The van der Waals surface area contributed by atoms with Crippen LogP contribution in [-0.4, -0.2) is 69.1 Å². The number of ketones is 1. The Morgan fingerprint density at radius 1 is 1.26 bits per heavy atom. The van der Waals surface area contributed by atoms with Crippen molar-refractivity contribution >= 4 is 5.78 Å². The first-order valence-corrected chi connectivity index (χ1v) is 8.97. The molecular formula is C19H26O8. The average molecular weight is 382 g/mol. The Balaban J connectivity index is 1.96. The lowest BCUT2D eigenvalue weighted by Crippen LogP contribution is -2.54. The second kappa shape index (κ2) is 7.56. The summed E-state index contributed by atoms with van der Waals surface area (Å²) in [6.45, 7) is 4.55. The first-order chi connectivity index (χ1) is 12.7. The van der Waals surface area contributed by atoms with Crippen molar-refractivity contribution in [1.82, 2.24) is 0 Å². The number of hydrogen-bond donors (Lipinski definition) is 5. The van der Waals surface area contributed by atoms with Gasteiger partial charge in [0.15, 0.2) is 12.1 Å². The van der Waals surface area contributed by atoms with Crippen LogP contribution >= 0.6 is 0 Å². The second-order valence-electron chi connectivity index (χ2n) is 7.35. The van der Waals surface area contributed by atoms with Gasteiger partial charge in [-0.2, -0.15) is 0 Å². The number of ether oxygens (including phenoxy) is 2. The van der Waals surface area contributed by atoms with Crippen LogP contribution in [0.4, 0.5) is 0 Å². The first-order valence-electron chi connectivity index (χ1n) is 8.97. The molecule has 1 aromatic carbocycles. The molecule has 0 saturated carbocycles. The topological polar surface area (TPSA) is 137 Å². The molecule has 0 spiro atoms. The van der Waals surface area contributed by atoms with Crippen molar-refractivity contribution in [3.8, 4) is 0 Å². The number of Topliss-reactive ketones (excluding diaryl/α,β-unsaturated/α-hetero) is 1. The summed E-state index contributed by atoms with van der Waals surface area (Å²) < 4.78 is 11.2. The van der Waals surface area contributed by atoms with Crippen molar-refractivity contribution in [2.45, 2.75) is 57.6 Å². The Kier molecular flexibility index (Phi) is 5.69. The molecule has 0 radical (unpaired) electrons. The van der Waals surface area contributed by atoms with Crippen LogP contribution in [0, 0.1) is 19.8 Å². The van der Waals surface area contributed by atoms with Crippen molar-refractivity contribution in [3.05, 3.63) is 33.9 Å². The van der Waals surface area contributed by atoms with Crippen molar-refractivity contribution in [3.63, 3.8) is 0 Å². The fourth-order valence-corrected chi connectivity index (χ4v) is 4.05. The largest absolute Gasteiger partial charge is 0.393 e. The predicted molar refractivity (Wildman–Crippen MR) is 93.0 cm³/mol. The highest BCUT2D eigenvalue weighted by Gasteiger charge is 2.45. The molecule has 3 rings (SSSR count). The molecule has 1 aromatic rings. The number of rotatable bonds is 4. The summed E-state index contributed by atoms with van der Waals surface area (Å²) in [5.74, 6) is -0.718. The molecule has 1 fully saturated rings. The summed E-state index contributed by atoms with van der Waals surface area (Å²) in [6.07, 6.45) is -7.02. The van der Waals surface area contributed by atoms with E-state index in [1.165, 1.54) is 0 Å². The number of aliphatic hydroxyl groups excluding tert-OH is 5. The molecule has 2 aliphatic rings. The molecule has 8 nitrogen and oxygen atoms in total. The van der Waals surface area contributed by atoms with Crippen LogP contribution in [0.15, 0.2) is 6.07 Å². The summed E-state index contributed by atoms with van der Waals surface area (Å²) in [5, 5.41) is 48.9. The van der Waals surface area contributed by atoms with E-state index in [1.807, 2.05) is 0 Å². The van der Waals surface area contributed by atoms with Crippen LogP contribution in [0.5, 0.6) is 0 Å². The number of carbonyl (C=O) groups is 1. The second-order valence-corrected chi connectivity index (χ2v) is 7.35.